The lowest BCUT2D eigenvalue weighted by Crippen LogP contribution is -2.43. The van der Waals surface area contributed by atoms with Crippen LogP contribution in [-0.4, -0.2) is 52.0 Å². The van der Waals surface area contributed by atoms with E-state index in [2.05, 4.69) is 10.3 Å². The number of hydrogen-bond acceptors (Lipinski definition) is 6. The van der Waals surface area contributed by atoms with E-state index in [1.54, 1.807) is 13.8 Å². The third-order valence-corrected chi connectivity index (χ3v) is 4.11. The second-order valence-corrected chi connectivity index (χ2v) is 5.80. The molecule has 0 aliphatic carbocycles. The van der Waals surface area contributed by atoms with Crippen molar-refractivity contribution in [3.63, 3.8) is 0 Å². The number of aromatic nitrogens is 2. The zero-order valence-electron chi connectivity index (χ0n) is 14.1. The van der Waals surface area contributed by atoms with Crippen molar-refractivity contribution in [2.75, 3.05) is 7.05 Å². The van der Waals surface area contributed by atoms with Crippen LogP contribution < -0.4 is 16.6 Å². The van der Waals surface area contributed by atoms with Crippen molar-refractivity contribution >= 4 is 5.91 Å². The average Bonchev–Trinajstić information content (AvgIpc) is 2.86. The summed E-state index contributed by atoms with van der Waals surface area (Å²) in [4.78, 5) is 37.5. The summed E-state index contributed by atoms with van der Waals surface area (Å²) in [5.41, 5.74) is -0.829. The molecule has 0 saturated carbocycles. The van der Waals surface area contributed by atoms with Crippen molar-refractivity contribution in [2.24, 2.45) is 0 Å². The van der Waals surface area contributed by atoms with Crippen LogP contribution in [0.4, 0.5) is 0 Å². The SMILES string of the molecule is CC[C@H]1O[C@@H](n2cc(C)c(=O)[nH]c2=O)[C@@H](O[C@H](C)C(=O)NC)C1O. The molecule has 3 N–H and O–H groups in total. The normalized spacial score (nSPS) is 27.9. The van der Waals surface area contributed by atoms with Gasteiger partial charge < -0.3 is 19.9 Å². The topological polar surface area (TPSA) is 123 Å². The second-order valence-electron chi connectivity index (χ2n) is 5.80. The number of aromatic amines is 1. The number of carbonyl (C=O) groups is 1. The summed E-state index contributed by atoms with van der Waals surface area (Å²) in [5, 5.41) is 12.9. The largest absolute Gasteiger partial charge is 0.388 e. The number of likely N-dealkylation sites (N-methyl/N-ethyl adjacent to an activating group) is 1. The molecular formula is C15H23N3O6. The highest BCUT2D eigenvalue weighted by molar-refractivity contribution is 5.79. The predicted molar refractivity (Wildman–Crippen MR) is 84.7 cm³/mol. The Kier molecular flexibility index (Phi) is 5.58. The minimum atomic E-state index is -1.01. The fraction of sp³-hybridized carbons (Fsp3) is 0.667. The first-order chi connectivity index (χ1) is 11.3. The summed E-state index contributed by atoms with van der Waals surface area (Å²) in [6, 6.07) is 0. The number of nitrogens with zero attached hydrogens (tertiary/aromatic N) is 1. The Labute approximate surface area is 138 Å². The van der Waals surface area contributed by atoms with Gasteiger partial charge in [-0.3, -0.25) is 19.1 Å². The highest BCUT2D eigenvalue weighted by Crippen LogP contribution is 2.33. The first-order valence-electron chi connectivity index (χ1n) is 7.82. The van der Waals surface area contributed by atoms with Crippen molar-refractivity contribution in [2.45, 2.75) is 57.8 Å². The Bertz CT molecular complexity index is 712. The van der Waals surface area contributed by atoms with Gasteiger partial charge in [-0.1, -0.05) is 6.92 Å². The minimum Gasteiger partial charge on any atom is -0.388 e. The summed E-state index contributed by atoms with van der Waals surface area (Å²) in [5.74, 6) is -0.356. The number of rotatable bonds is 5. The highest BCUT2D eigenvalue weighted by Gasteiger charge is 2.46. The Balaban J connectivity index is 2.38. The van der Waals surface area contributed by atoms with E-state index in [-0.39, 0.29) is 5.91 Å². The first kappa shape index (κ1) is 18.4. The lowest BCUT2D eigenvalue weighted by Gasteiger charge is -2.25. The van der Waals surface area contributed by atoms with Gasteiger partial charge in [-0.25, -0.2) is 4.79 Å². The van der Waals surface area contributed by atoms with Gasteiger partial charge in [0, 0.05) is 18.8 Å². The van der Waals surface area contributed by atoms with Crippen LogP contribution >= 0.6 is 0 Å². The maximum Gasteiger partial charge on any atom is 0.330 e. The van der Waals surface area contributed by atoms with Crippen LogP contribution in [0, 0.1) is 6.92 Å². The predicted octanol–water partition coefficient (Wildman–Crippen LogP) is -0.967. The van der Waals surface area contributed by atoms with Crippen LogP contribution in [0.5, 0.6) is 0 Å². The van der Waals surface area contributed by atoms with Gasteiger partial charge in [0.25, 0.3) is 5.56 Å². The molecule has 134 valence electrons. The van der Waals surface area contributed by atoms with Crippen LogP contribution in [0.15, 0.2) is 15.8 Å². The van der Waals surface area contributed by atoms with Crippen LogP contribution in [-0.2, 0) is 14.3 Å². The number of H-pyrrole nitrogens is 1. The molecule has 1 aromatic rings. The van der Waals surface area contributed by atoms with Gasteiger partial charge in [0.1, 0.15) is 18.3 Å². The fourth-order valence-electron chi connectivity index (χ4n) is 2.70. The molecular weight excluding hydrogens is 318 g/mol. The van der Waals surface area contributed by atoms with Crippen molar-refractivity contribution < 1.29 is 19.4 Å². The number of aliphatic hydroxyl groups is 1. The number of carbonyl (C=O) groups excluding carboxylic acids is 1. The summed E-state index contributed by atoms with van der Waals surface area (Å²) < 4.78 is 12.6. The number of amides is 1. The van der Waals surface area contributed by atoms with Gasteiger partial charge in [0.05, 0.1) is 6.10 Å². The molecule has 0 spiro atoms. The molecule has 0 aromatic carbocycles. The Hall–Kier alpha value is -1.97. The first-order valence-corrected chi connectivity index (χ1v) is 7.82. The molecule has 9 heteroatoms. The van der Waals surface area contributed by atoms with Crippen molar-refractivity contribution in [1.29, 1.82) is 0 Å². The van der Waals surface area contributed by atoms with Gasteiger partial charge in [-0.15, -0.1) is 0 Å². The molecule has 0 bridgehead atoms. The third-order valence-electron chi connectivity index (χ3n) is 4.11. The third kappa shape index (κ3) is 3.42. The molecule has 1 aliphatic rings. The van der Waals surface area contributed by atoms with Crippen LogP contribution in [0.2, 0.25) is 0 Å². The lowest BCUT2D eigenvalue weighted by molar-refractivity contribution is -0.144. The lowest BCUT2D eigenvalue weighted by atomic mass is 10.1. The van der Waals surface area contributed by atoms with Gasteiger partial charge in [0.15, 0.2) is 6.23 Å². The molecule has 1 aromatic heterocycles. The van der Waals surface area contributed by atoms with E-state index in [1.165, 1.54) is 17.8 Å². The summed E-state index contributed by atoms with van der Waals surface area (Å²) in [6.07, 6.45) is -2.40. The highest BCUT2D eigenvalue weighted by atomic mass is 16.6. The van der Waals surface area contributed by atoms with Crippen LogP contribution in [0.25, 0.3) is 0 Å². The summed E-state index contributed by atoms with van der Waals surface area (Å²) >= 11 is 0. The van der Waals surface area contributed by atoms with E-state index < -0.39 is 41.9 Å². The second kappa shape index (κ2) is 7.29. The van der Waals surface area contributed by atoms with E-state index in [0.717, 1.165) is 0 Å². The number of aliphatic hydroxyl groups excluding tert-OH is 1. The maximum absolute atomic E-state index is 12.1. The van der Waals surface area contributed by atoms with Crippen molar-refractivity contribution in [3.8, 4) is 0 Å². The standard InChI is InChI=1S/C15H23N3O6/c1-5-9-10(19)11(23-8(3)13(21)16-4)14(24-9)18-6-7(2)12(20)17-15(18)22/h6,8-11,14,19H,5H2,1-4H3,(H,16,21)(H,17,20,22)/t8-,9-,10?,11+,14-/m1/s1. The molecule has 1 aliphatic heterocycles. The number of ether oxygens (including phenoxy) is 2. The number of nitrogens with one attached hydrogen (secondary N) is 2. The van der Waals surface area contributed by atoms with Gasteiger partial charge >= 0.3 is 5.69 Å². The fourth-order valence-corrected chi connectivity index (χ4v) is 2.70. The zero-order chi connectivity index (χ0) is 18.0. The zero-order valence-corrected chi connectivity index (χ0v) is 14.1. The number of hydrogen-bond donors (Lipinski definition) is 3. The molecule has 1 unspecified atom stereocenters. The van der Waals surface area contributed by atoms with E-state index >= 15 is 0 Å². The molecule has 5 atom stereocenters. The van der Waals surface area contributed by atoms with Gasteiger partial charge in [-0.05, 0) is 20.3 Å². The molecule has 0 radical (unpaired) electrons. The summed E-state index contributed by atoms with van der Waals surface area (Å²) in [7, 11) is 1.48. The maximum atomic E-state index is 12.1. The molecule has 1 saturated heterocycles. The number of aryl methyl sites for hydroxylation is 1. The molecule has 1 amide bonds. The van der Waals surface area contributed by atoms with E-state index in [1.807, 2.05) is 6.92 Å². The van der Waals surface area contributed by atoms with Crippen molar-refractivity contribution in [1.82, 2.24) is 14.9 Å². The smallest absolute Gasteiger partial charge is 0.330 e. The monoisotopic (exact) mass is 341 g/mol. The Morgan fingerprint density at radius 3 is 2.79 bits per heavy atom. The van der Waals surface area contributed by atoms with E-state index in [9.17, 15) is 19.5 Å². The molecule has 2 heterocycles. The van der Waals surface area contributed by atoms with Crippen molar-refractivity contribution in [3.05, 3.63) is 32.6 Å². The van der Waals surface area contributed by atoms with Crippen LogP contribution in [0.1, 0.15) is 32.1 Å². The van der Waals surface area contributed by atoms with E-state index in [4.69, 9.17) is 9.47 Å². The molecule has 24 heavy (non-hydrogen) atoms. The van der Waals surface area contributed by atoms with Gasteiger partial charge in [0.2, 0.25) is 5.91 Å². The average molecular weight is 341 g/mol. The molecule has 1 fully saturated rings. The minimum absolute atomic E-state index is 0.325. The Morgan fingerprint density at radius 1 is 1.54 bits per heavy atom. The Morgan fingerprint density at radius 2 is 2.21 bits per heavy atom. The molecule has 9 nitrogen and oxygen atoms in total. The van der Waals surface area contributed by atoms with Crippen LogP contribution in [0.3, 0.4) is 0 Å². The van der Waals surface area contributed by atoms with E-state index in [0.29, 0.717) is 12.0 Å². The summed E-state index contributed by atoms with van der Waals surface area (Å²) in [6.45, 7) is 4.93. The molecule has 2 rings (SSSR count). The van der Waals surface area contributed by atoms with Gasteiger partial charge in [-0.2, -0.15) is 0 Å². The quantitative estimate of drug-likeness (QED) is 0.633.